The van der Waals surface area contributed by atoms with Crippen LogP contribution in [0.2, 0.25) is 5.02 Å². The van der Waals surface area contributed by atoms with Crippen molar-refractivity contribution in [3.8, 4) is 5.75 Å². The van der Waals surface area contributed by atoms with Crippen molar-refractivity contribution in [3.05, 3.63) is 83.4 Å². The van der Waals surface area contributed by atoms with E-state index in [0.29, 0.717) is 18.1 Å². The average molecular weight is 409 g/mol. The molecule has 1 heterocycles. The van der Waals surface area contributed by atoms with Crippen LogP contribution in [0.4, 0.5) is 21.6 Å². The number of fused-ring (bicyclic) bond motifs is 1. The first-order valence-corrected chi connectivity index (χ1v) is 9.34. The lowest BCUT2D eigenvalue weighted by Gasteiger charge is -2.12. The van der Waals surface area contributed by atoms with Gasteiger partial charge in [0, 0.05) is 28.9 Å². The smallest absolute Gasteiger partial charge is 0.141 e. The zero-order chi connectivity index (χ0) is 20.2. The summed E-state index contributed by atoms with van der Waals surface area (Å²) in [6.07, 6.45) is 1.48. The van der Waals surface area contributed by atoms with Gasteiger partial charge in [-0.1, -0.05) is 29.8 Å². The van der Waals surface area contributed by atoms with E-state index in [0.717, 1.165) is 27.9 Å². The molecule has 2 N–H and O–H groups in total. The molecule has 4 rings (SSSR count). The van der Waals surface area contributed by atoms with E-state index >= 15 is 0 Å². The molecule has 29 heavy (non-hydrogen) atoms. The molecule has 0 atom stereocenters. The second-order valence-corrected chi connectivity index (χ2v) is 6.78. The van der Waals surface area contributed by atoms with Crippen LogP contribution in [0.1, 0.15) is 5.56 Å². The van der Waals surface area contributed by atoms with Gasteiger partial charge in [-0.3, -0.25) is 0 Å². The maximum atomic E-state index is 13.4. The number of nitrogens with one attached hydrogen (secondary N) is 2. The minimum atomic E-state index is -0.465. The molecular weight excluding hydrogens is 391 g/mol. The molecule has 0 aliphatic carbocycles. The van der Waals surface area contributed by atoms with Gasteiger partial charge in [0.05, 0.1) is 17.6 Å². The number of halogens is 2. The molecule has 0 saturated heterocycles. The van der Waals surface area contributed by atoms with Crippen LogP contribution < -0.4 is 15.4 Å². The molecule has 0 radical (unpaired) electrons. The molecular formula is C22H18ClFN4O. The SMILES string of the molecule is COc1ccccc1CNc1ccc2ncnc(Nc3ccc(F)c(Cl)c3)c2c1. The standard InChI is InChI=1S/C22H18ClFN4O/c1-29-21-5-3-2-4-14(21)12-25-15-7-9-20-17(10-15)22(27-13-26-20)28-16-6-8-19(24)18(23)11-16/h2-11,13,25H,12H2,1H3,(H,26,27,28). The summed E-state index contributed by atoms with van der Waals surface area (Å²) in [5.74, 6) is 0.978. The van der Waals surface area contributed by atoms with Crippen molar-refractivity contribution >= 4 is 39.7 Å². The number of nitrogens with zero attached hydrogens (tertiary/aromatic N) is 2. The number of methoxy groups -OCH3 is 1. The fourth-order valence-electron chi connectivity index (χ4n) is 3.02. The van der Waals surface area contributed by atoms with E-state index in [9.17, 15) is 4.39 Å². The van der Waals surface area contributed by atoms with E-state index in [2.05, 4.69) is 20.6 Å². The van der Waals surface area contributed by atoms with Gasteiger partial charge in [-0.15, -0.1) is 0 Å². The molecule has 146 valence electrons. The Morgan fingerprint density at radius 2 is 1.83 bits per heavy atom. The summed E-state index contributed by atoms with van der Waals surface area (Å²) in [5, 5.41) is 7.47. The Hall–Kier alpha value is -3.38. The summed E-state index contributed by atoms with van der Waals surface area (Å²) >= 11 is 5.88. The lowest BCUT2D eigenvalue weighted by Crippen LogP contribution is -2.02. The van der Waals surface area contributed by atoms with Crippen LogP contribution in [0.15, 0.2) is 67.0 Å². The Labute approximate surface area is 172 Å². The number of hydrogen-bond donors (Lipinski definition) is 2. The highest BCUT2D eigenvalue weighted by atomic mass is 35.5. The average Bonchev–Trinajstić information content (AvgIpc) is 2.75. The molecule has 0 spiro atoms. The molecule has 5 nitrogen and oxygen atoms in total. The van der Waals surface area contributed by atoms with Crippen molar-refractivity contribution in [2.45, 2.75) is 6.54 Å². The molecule has 0 amide bonds. The number of anilines is 3. The quantitative estimate of drug-likeness (QED) is 0.423. The van der Waals surface area contributed by atoms with Gasteiger partial charge in [0.25, 0.3) is 0 Å². The van der Waals surface area contributed by atoms with Crippen LogP contribution in [0.5, 0.6) is 5.75 Å². The van der Waals surface area contributed by atoms with Crippen LogP contribution in [-0.4, -0.2) is 17.1 Å². The second-order valence-electron chi connectivity index (χ2n) is 6.37. The van der Waals surface area contributed by atoms with Gasteiger partial charge in [-0.25, -0.2) is 14.4 Å². The largest absolute Gasteiger partial charge is 0.496 e. The molecule has 1 aromatic heterocycles. The summed E-state index contributed by atoms with van der Waals surface area (Å²) in [4.78, 5) is 8.65. The zero-order valence-electron chi connectivity index (χ0n) is 15.6. The molecule has 0 unspecified atom stereocenters. The normalized spacial score (nSPS) is 10.7. The van der Waals surface area contributed by atoms with Gasteiger partial charge in [-0.2, -0.15) is 0 Å². The molecule has 3 aromatic carbocycles. The van der Waals surface area contributed by atoms with E-state index in [1.807, 2.05) is 42.5 Å². The number of para-hydroxylation sites is 1. The highest BCUT2D eigenvalue weighted by molar-refractivity contribution is 6.31. The van der Waals surface area contributed by atoms with E-state index in [1.165, 1.54) is 18.5 Å². The number of aromatic nitrogens is 2. The van der Waals surface area contributed by atoms with E-state index < -0.39 is 5.82 Å². The minimum Gasteiger partial charge on any atom is -0.496 e. The van der Waals surface area contributed by atoms with Crippen molar-refractivity contribution in [2.75, 3.05) is 17.7 Å². The van der Waals surface area contributed by atoms with Gasteiger partial charge < -0.3 is 15.4 Å². The van der Waals surface area contributed by atoms with Crippen molar-refractivity contribution < 1.29 is 9.13 Å². The van der Waals surface area contributed by atoms with Crippen molar-refractivity contribution in [1.29, 1.82) is 0 Å². The fourth-order valence-corrected chi connectivity index (χ4v) is 3.20. The highest BCUT2D eigenvalue weighted by Crippen LogP contribution is 2.28. The lowest BCUT2D eigenvalue weighted by atomic mass is 10.1. The van der Waals surface area contributed by atoms with Crippen LogP contribution in [0.25, 0.3) is 10.9 Å². The summed E-state index contributed by atoms with van der Waals surface area (Å²) in [5.41, 5.74) is 3.40. The van der Waals surface area contributed by atoms with Gasteiger partial charge >= 0.3 is 0 Å². The van der Waals surface area contributed by atoms with Gasteiger partial charge in [-0.05, 0) is 42.5 Å². The molecule has 0 saturated carbocycles. The predicted octanol–water partition coefficient (Wildman–Crippen LogP) is 5.79. The van der Waals surface area contributed by atoms with Crippen LogP contribution in [-0.2, 0) is 6.54 Å². The van der Waals surface area contributed by atoms with Crippen LogP contribution in [0.3, 0.4) is 0 Å². The molecule has 0 aliphatic rings. The number of benzene rings is 3. The molecule has 0 bridgehead atoms. The summed E-state index contributed by atoms with van der Waals surface area (Å²) < 4.78 is 18.8. The third kappa shape index (κ3) is 4.22. The van der Waals surface area contributed by atoms with Crippen LogP contribution >= 0.6 is 11.6 Å². The fraction of sp³-hybridized carbons (Fsp3) is 0.0909. The summed E-state index contributed by atoms with van der Waals surface area (Å²) in [6.45, 7) is 0.611. The Morgan fingerprint density at radius 3 is 2.66 bits per heavy atom. The number of hydrogen-bond acceptors (Lipinski definition) is 5. The van der Waals surface area contributed by atoms with Gasteiger partial charge in [0.2, 0.25) is 0 Å². The topological polar surface area (TPSA) is 59.1 Å². The van der Waals surface area contributed by atoms with Crippen molar-refractivity contribution in [2.24, 2.45) is 0 Å². The third-order valence-electron chi connectivity index (χ3n) is 4.49. The molecule has 7 heteroatoms. The Balaban J connectivity index is 1.61. The number of ether oxygens (including phenoxy) is 1. The summed E-state index contributed by atoms with van der Waals surface area (Å²) in [6, 6.07) is 18.2. The molecule has 0 aliphatic heterocycles. The first-order valence-electron chi connectivity index (χ1n) is 8.96. The van der Waals surface area contributed by atoms with E-state index in [-0.39, 0.29) is 5.02 Å². The minimum absolute atomic E-state index is 0.0486. The van der Waals surface area contributed by atoms with Crippen molar-refractivity contribution in [1.82, 2.24) is 9.97 Å². The van der Waals surface area contributed by atoms with E-state index in [4.69, 9.17) is 16.3 Å². The molecule has 0 fully saturated rings. The maximum absolute atomic E-state index is 13.4. The van der Waals surface area contributed by atoms with Crippen molar-refractivity contribution in [3.63, 3.8) is 0 Å². The Morgan fingerprint density at radius 1 is 1.00 bits per heavy atom. The van der Waals surface area contributed by atoms with E-state index in [1.54, 1.807) is 13.2 Å². The Bertz CT molecular complexity index is 1170. The van der Waals surface area contributed by atoms with Crippen LogP contribution in [0, 0.1) is 5.82 Å². The Kier molecular flexibility index (Phi) is 5.44. The first-order chi connectivity index (χ1) is 14.1. The molecule has 4 aromatic rings. The zero-order valence-corrected chi connectivity index (χ0v) is 16.4. The second kappa shape index (κ2) is 8.32. The highest BCUT2D eigenvalue weighted by Gasteiger charge is 2.08. The van der Waals surface area contributed by atoms with Gasteiger partial charge in [0.1, 0.15) is 23.7 Å². The predicted molar refractivity (Wildman–Crippen MR) is 115 cm³/mol. The third-order valence-corrected chi connectivity index (χ3v) is 4.78. The number of rotatable bonds is 6. The lowest BCUT2D eigenvalue weighted by molar-refractivity contribution is 0.410. The maximum Gasteiger partial charge on any atom is 0.141 e. The first kappa shape index (κ1) is 19.0. The summed E-state index contributed by atoms with van der Waals surface area (Å²) in [7, 11) is 1.66. The monoisotopic (exact) mass is 408 g/mol. The van der Waals surface area contributed by atoms with Gasteiger partial charge in [0.15, 0.2) is 0 Å².